The molecular formula is C8H14O6. The Morgan fingerprint density at radius 2 is 2.29 bits per heavy atom. The lowest BCUT2D eigenvalue weighted by molar-refractivity contribution is -0.148. The summed E-state index contributed by atoms with van der Waals surface area (Å²) in [6.07, 6.45) is -4.15. The number of aliphatic hydroxyl groups is 3. The van der Waals surface area contributed by atoms with E-state index < -0.39 is 30.4 Å². The summed E-state index contributed by atoms with van der Waals surface area (Å²) in [6.45, 7) is 0.945. The van der Waals surface area contributed by atoms with Crippen molar-refractivity contribution in [2.75, 3.05) is 13.2 Å². The van der Waals surface area contributed by atoms with Crippen LogP contribution in [0, 0.1) is 0 Å². The third-order valence-corrected chi connectivity index (χ3v) is 2.03. The summed E-state index contributed by atoms with van der Waals surface area (Å²) in [4.78, 5) is 10.4. The summed E-state index contributed by atoms with van der Waals surface area (Å²) >= 11 is 0. The third-order valence-electron chi connectivity index (χ3n) is 2.03. The van der Waals surface area contributed by atoms with Crippen molar-refractivity contribution >= 4 is 5.97 Å². The Bertz CT molecular complexity index is 206. The normalized spacial score (nSPS) is 34.1. The first kappa shape index (κ1) is 11.4. The van der Waals surface area contributed by atoms with Crippen LogP contribution in [0.4, 0.5) is 0 Å². The largest absolute Gasteiger partial charge is 0.463 e. The molecule has 0 radical (unpaired) electrons. The molecule has 1 aliphatic rings. The van der Waals surface area contributed by atoms with Gasteiger partial charge in [-0.25, -0.2) is 0 Å². The fourth-order valence-corrected chi connectivity index (χ4v) is 1.26. The molecule has 6 nitrogen and oxygen atoms in total. The van der Waals surface area contributed by atoms with Gasteiger partial charge in [0.1, 0.15) is 31.0 Å². The van der Waals surface area contributed by atoms with Gasteiger partial charge in [-0.2, -0.15) is 0 Å². The third kappa shape index (κ3) is 2.65. The molecule has 14 heavy (non-hydrogen) atoms. The lowest BCUT2D eigenvalue weighted by Gasteiger charge is -2.20. The molecule has 1 aliphatic heterocycles. The van der Waals surface area contributed by atoms with Gasteiger partial charge in [0.15, 0.2) is 0 Å². The Morgan fingerprint density at radius 3 is 2.71 bits per heavy atom. The molecule has 3 N–H and O–H groups in total. The van der Waals surface area contributed by atoms with Crippen molar-refractivity contribution in [3.05, 3.63) is 0 Å². The average molecular weight is 206 g/mol. The highest BCUT2D eigenvalue weighted by molar-refractivity contribution is 5.65. The van der Waals surface area contributed by atoms with Crippen molar-refractivity contribution < 1.29 is 29.6 Å². The molecule has 0 amide bonds. The van der Waals surface area contributed by atoms with Crippen LogP contribution in [0.25, 0.3) is 0 Å². The van der Waals surface area contributed by atoms with Crippen molar-refractivity contribution in [3.8, 4) is 0 Å². The van der Waals surface area contributed by atoms with Gasteiger partial charge in [0.05, 0.1) is 6.61 Å². The fourth-order valence-electron chi connectivity index (χ4n) is 1.26. The predicted molar refractivity (Wildman–Crippen MR) is 44.4 cm³/mol. The van der Waals surface area contributed by atoms with Gasteiger partial charge in [-0.3, -0.25) is 4.79 Å². The standard InChI is InChI=1S/C8H14O6/c1-4(9)13-3-6(11)8-7(12)5(10)2-14-8/h5-8,10-12H,2-3H2,1H3/t5?,6?,7-,8-/m1/s1. The zero-order valence-electron chi connectivity index (χ0n) is 7.79. The molecule has 0 aromatic heterocycles. The van der Waals surface area contributed by atoms with Crippen molar-refractivity contribution in [2.45, 2.75) is 31.3 Å². The molecule has 0 aromatic carbocycles. The van der Waals surface area contributed by atoms with Crippen LogP contribution >= 0.6 is 0 Å². The van der Waals surface area contributed by atoms with Crippen molar-refractivity contribution in [3.63, 3.8) is 0 Å². The van der Waals surface area contributed by atoms with Gasteiger partial charge in [0.25, 0.3) is 0 Å². The molecule has 1 rings (SSSR count). The number of esters is 1. The maximum atomic E-state index is 10.4. The van der Waals surface area contributed by atoms with E-state index in [2.05, 4.69) is 4.74 Å². The number of ether oxygens (including phenoxy) is 2. The van der Waals surface area contributed by atoms with Gasteiger partial charge in [-0.05, 0) is 0 Å². The van der Waals surface area contributed by atoms with E-state index in [9.17, 15) is 15.0 Å². The lowest BCUT2D eigenvalue weighted by atomic mass is 10.1. The topological polar surface area (TPSA) is 96.2 Å². The highest BCUT2D eigenvalue weighted by atomic mass is 16.6. The van der Waals surface area contributed by atoms with Crippen LogP contribution in [0.1, 0.15) is 6.92 Å². The smallest absolute Gasteiger partial charge is 0.302 e. The van der Waals surface area contributed by atoms with Gasteiger partial charge >= 0.3 is 5.97 Å². The van der Waals surface area contributed by atoms with Gasteiger partial charge < -0.3 is 24.8 Å². The zero-order valence-corrected chi connectivity index (χ0v) is 7.79. The molecule has 4 atom stereocenters. The molecule has 1 fully saturated rings. The molecular weight excluding hydrogens is 192 g/mol. The van der Waals surface area contributed by atoms with E-state index in [0.29, 0.717) is 0 Å². The number of carbonyl (C=O) groups excluding carboxylic acids is 1. The highest BCUT2D eigenvalue weighted by Crippen LogP contribution is 2.17. The minimum absolute atomic E-state index is 0.0248. The van der Waals surface area contributed by atoms with E-state index in [0.717, 1.165) is 0 Å². The summed E-state index contributed by atoms with van der Waals surface area (Å²) in [5, 5.41) is 27.8. The Kier molecular flexibility index (Phi) is 3.82. The van der Waals surface area contributed by atoms with Gasteiger partial charge in [-0.15, -0.1) is 0 Å². The molecule has 0 saturated carbocycles. The van der Waals surface area contributed by atoms with Gasteiger partial charge in [0, 0.05) is 6.92 Å². The number of hydrogen-bond donors (Lipinski definition) is 3. The van der Waals surface area contributed by atoms with Crippen molar-refractivity contribution in [1.82, 2.24) is 0 Å². The Hall–Kier alpha value is -0.690. The number of hydrogen-bond acceptors (Lipinski definition) is 6. The summed E-state index contributed by atoms with van der Waals surface area (Å²) in [6, 6.07) is 0. The molecule has 0 spiro atoms. The van der Waals surface area contributed by atoms with E-state index in [-0.39, 0.29) is 13.2 Å². The fraction of sp³-hybridized carbons (Fsp3) is 0.875. The lowest BCUT2D eigenvalue weighted by Crippen LogP contribution is -2.41. The second kappa shape index (κ2) is 4.70. The van der Waals surface area contributed by atoms with E-state index in [1.807, 2.05) is 0 Å². The van der Waals surface area contributed by atoms with Crippen LogP contribution in [0.3, 0.4) is 0 Å². The minimum atomic E-state index is -1.14. The van der Waals surface area contributed by atoms with Crippen LogP contribution in [-0.2, 0) is 14.3 Å². The monoisotopic (exact) mass is 206 g/mol. The first-order chi connectivity index (χ1) is 6.52. The minimum Gasteiger partial charge on any atom is -0.463 e. The van der Waals surface area contributed by atoms with Crippen LogP contribution in [0.15, 0.2) is 0 Å². The summed E-state index contributed by atoms with van der Waals surface area (Å²) in [5.41, 5.74) is 0. The molecule has 1 heterocycles. The van der Waals surface area contributed by atoms with Crippen molar-refractivity contribution in [2.24, 2.45) is 0 Å². The Morgan fingerprint density at radius 1 is 1.64 bits per heavy atom. The van der Waals surface area contributed by atoms with Crippen LogP contribution in [0.2, 0.25) is 0 Å². The highest BCUT2D eigenvalue weighted by Gasteiger charge is 2.39. The van der Waals surface area contributed by atoms with Gasteiger partial charge in [-0.1, -0.05) is 0 Å². The maximum absolute atomic E-state index is 10.4. The van der Waals surface area contributed by atoms with Crippen LogP contribution < -0.4 is 0 Å². The first-order valence-corrected chi connectivity index (χ1v) is 4.31. The number of rotatable bonds is 3. The van der Waals surface area contributed by atoms with Gasteiger partial charge in [0.2, 0.25) is 0 Å². The molecule has 6 heteroatoms. The molecule has 82 valence electrons. The molecule has 0 aliphatic carbocycles. The van der Waals surface area contributed by atoms with E-state index >= 15 is 0 Å². The predicted octanol–water partition coefficient (Wildman–Crippen LogP) is -1.97. The zero-order chi connectivity index (χ0) is 10.7. The molecule has 2 unspecified atom stereocenters. The summed E-state index contributed by atoms with van der Waals surface area (Å²) < 4.78 is 9.47. The van der Waals surface area contributed by atoms with Crippen LogP contribution in [0.5, 0.6) is 0 Å². The molecule has 0 aromatic rings. The van der Waals surface area contributed by atoms with E-state index in [1.165, 1.54) is 6.92 Å². The Balaban J connectivity index is 2.37. The van der Waals surface area contributed by atoms with Crippen LogP contribution in [-0.4, -0.2) is 58.9 Å². The second-order valence-corrected chi connectivity index (χ2v) is 3.23. The number of carbonyl (C=O) groups is 1. The quantitative estimate of drug-likeness (QED) is 0.464. The number of aliphatic hydroxyl groups excluding tert-OH is 3. The summed E-state index contributed by atoms with van der Waals surface area (Å²) in [7, 11) is 0. The maximum Gasteiger partial charge on any atom is 0.302 e. The average Bonchev–Trinajstić information content (AvgIpc) is 2.44. The summed E-state index contributed by atoms with van der Waals surface area (Å²) in [5.74, 6) is -0.517. The van der Waals surface area contributed by atoms with Crippen molar-refractivity contribution in [1.29, 1.82) is 0 Å². The van der Waals surface area contributed by atoms with E-state index in [1.54, 1.807) is 0 Å². The SMILES string of the molecule is CC(=O)OCC(O)[C@H]1OCC(O)[C@H]1O. The Labute approximate surface area is 81.1 Å². The van der Waals surface area contributed by atoms with E-state index in [4.69, 9.17) is 9.84 Å². The molecule has 1 saturated heterocycles. The molecule has 0 bridgehead atoms. The second-order valence-electron chi connectivity index (χ2n) is 3.23. The first-order valence-electron chi connectivity index (χ1n) is 4.31.